The number of fused-ring (bicyclic) bond motifs is 5. The van der Waals surface area contributed by atoms with Crippen molar-refractivity contribution < 1.29 is 62.2 Å². The molecule has 6 rings (SSSR count). The number of methoxy groups -OCH3 is 1. The largest absolute Gasteiger partial charge is 0.509 e. The maximum atomic E-state index is 15.8. The van der Waals surface area contributed by atoms with Crippen molar-refractivity contribution in [2.24, 2.45) is 27.6 Å². The van der Waals surface area contributed by atoms with Crippen LogP contribution in [0.15, 0.2) is 71.8 Å². The van der Waals surface area contributed by atoms with Crippen molar-refractivity contribution in [2.45, 2.75) is 150 Å². The number of carbonyl (C=O) groups excluding carboxylic acids is 5. The van der Waals surface area contributed by atoms with Gasteiger partial charge < -0.3 is 43.6 Å². The number of hydrogen-bond donors (Lipinski definition) is 2. The lowest BCUT2D eigenvalue weighted by Gasteiger charge is -2.73. The summed E-state index contributed by atoms with van der Waals surface area (Å²) in [6.07, 6.45) is -6.79. The van der Waals surface area contributed by atoms with Crippen LogP contribution >= 0.6 is 0 Å². The molecule has 64 heavy (non-hydrogen) atoms. The minimum atomic E-state index is -2.03. The van der Waals surface area contributed by atoms with Gasteiger partial charge in [-0.05, 0) is 76.3 Å². The van der Waals surface area contributed by atoms with Crippen LogP contribution in [0.2, 0.25) is 0 Å². The molecular weight excluding hydrogens is 823 g/mol. The van der Waals surface area contributed by atoms with Gasteiger partial charge in [0.1, 0.15) is 35.2 Å². The number of nitrogens with one attached hydrogen (secondary N) is 1. The quantitative estimate of drug-likeness (QED) is 0.118. The predicted molar refractivity (Wildman–Crippen MR) is 235 cm³/mol. The van der Waals surface area contributed by atoms with Gasteiger partial charge in [-0.2, -0.15) is 0 Å². The van der Waals surface area contributed by atoms with E-state index in [9.17, 15) is 24.3 Å². The van der Waals surface area contributed by atoms with Crippen molar-refractivity contribution in [2.75, 3.05) is 20.3 Å². The lowest BCUT2D eigenvalue weighted by Crippen LogP contribution is -2.82. The van der Waals surface area contributed by atoms with Crippen molar-refractivity contribution in [3.05, 3.63) is 82.9 Å². The van der Waals surface area contributed by atoms with Crippen molar-refractivity contribution in [3.8, 4) is 0 Å². The van der Waals surface area contributed by atoms with E-state index in [1.54, 1.807) is 102 Å². The summed E-state index contributed by atoms with van der Waals surface area (Å²) in [6, 6.07) is 15.6. The molecule has 4 aliphatic rings. The molecule has 14 heteroatoms. The van der Waals surface area contributed by atoms with Crippen LogP contribution in [0.3, 0.4) is 0 Å². The first-order valence-corrected chi connectivity index (χ1v) is 22.5. The third kappa shape index (κ3) is 7.91. The lowest BCUT2D eigenvalue weighted by atomic mass is 9.35. The fourth-order valence-electron chi connectivity index (χ4n) is 11.5. The third-order valence-electron chi connectivity index (χ3n) is 15.4. The Morgan fingerprint density at radius 3 is 2.12 bits per heavy atom. The third-order valence-corrected chi connectivity index (χ3v) is 15.4. The number of carbonyl (C=O) groups is 5. The number of hydrogen-bond acceptors (Lipinski definition) is 13. The van der Waals surface area contributed by atoms with E-state index in [1.165, 1.54) is 0 Å². The number of alkyl carbamates (subject to hydrolysis) is 1. The van der Waals surface area contributed by atoms with Gasteiger partial charge in [0.2, 0.25) is 6.10 Å². The van der Waals surface area contributed by atoms with Crippen molar-refractivity contribution in [3.63, 3.8) is 0 Å². The van der Waals surface area contributed by atoms with Crippen molar-refractivity contribution in [1.29, 1.82) is 0 Å². The highest BCUT2D eigenvalue weighted by molar-refractivity contribution is 5.93. The molecule has 14 nitrogen and oxygen atoms in total. The molecular formula is C50H67NO13. The summed E-state index contributed by atoms with van der Waals surface area (Å²) in [4.78, 5) is 72.0. The minimum absolute atomic E-state index is 0.00595. The summed E-state index contributed by atoms with van der Waals surface area (Å²) in [7, 11) is 1.56. The second kappa shape index (κ2) is 17.9. The highest BCUT2D eigenvalue weighted by Gasteiger charge is 2.80. The molecule has 2 N–H and O–H groups in total. The fourth-order valence-corrected chi connectivity index (χ4v) is 11.5. The monoisotopic (exact) mass is 889 g/mol. The Balaban J connectivity index is 1.55. The van der Waals surface area contributed by atoms with Gasteiger partial charge in [-0.25, -0.2) is 19.2 Å². The number of benzene rings is 2. The Labute approximate surface area is 377 Å². The average Bonchev–Trinajstić information content (AvgIpc) is 3.25. The molecule has 3 fully saturated rings. The Bertz CT molecular complexity index is 2120. The summed E-state index contributed by atoms with van der Waals surface area (Å²) in [5.41, 5.74) is -6.02. The normalized spacial score (nSPS) is 34.3. The van der Waals surface area contributed by atoms with Crippen LogP contribution in [0.5, 0.6) is 0 Å². The molecule has 3 unspecified atom stereocenters. The van der Waals surface area contributed by atoms with E-state index in [0.717, 1.165) is 0 Å². The zero-order valence-electron chi connectivity index (χ0n) is 39.4. The molecule has 1 saturated heterocycles. The van der Waals surface area contributed by atoms with E-state index in [-0.39, 0.29) is 31.0 Å². The second-order valence-electron chi connectivity index (χ2n) is 19.8. The Morgan fingerprint density at radius 2 is 1.58 bits per heavy atom. The van der Waals surface area contributed by atoms with Gasteiger partial charge in [-0.3, -0.25) is 4.79 Å². The molecule has 2 saturated carbocycles. The van der Waals surface area contributed by atoms with Gasteiger partial charge in [-0.15, -0.1) is 0 Å². The summed E-state index contributed by atoms with van der Waals surface area (Å²) in [5.74, 6) is -2.82. The Kier molecular flexibility index (Phi) is 13.6. The number of esters is 2. The van der Waals surface area contributed by atoms with Gasteiger partial charge in [0, 0.05) is 42.1 Å². The van der Waals surface area contributed by atoms with E-state index in [1.807, 2.05) is 41.5 Å². The molecule has 1 heterocycles. The number of ether oxygens (including phenoxy) is 7. The number of rotatable bonds is 12. The first kappa shape index (κ1) is 48.7. The van der Waals surface area contributed by atoms with E-state index in [0.29, 0.717) is 36.0 Å². The summed E-state index contributed by atoms with van der Waals surface area (Å²) in [6.45, 7) is 20.2. The van der Waals surface area contributed by atoms with Crippen LogP contribution in [-0.4, -0.2) is 97.1 Å². The molecule has 1 aliphatic heterocycles. The summed E-state index contributed by atoms with van der Waals surface area (Å²) in [5, 5.41) is 16.8. The number of aliphatic hydroxyl groups is 1. The minimum Gasteiger partial charge on any atom is -0.455 e. The van der Waals surface area contributed by atoms with Crippen LogP contribution in [0, 0.1) is 27.6 Å². The highest BCUT2D eigenvalue weighted by atomic mass is 16.7. The lowest BCUT2D eigenvalue weighted by molar-refractivity contribution is -0.354. The van der Waals surface area contributed by atoms with Gasteiger partial charge >= 0.3 is 24.2 Å². The number of Topliss-reactive ketones (excluding diaryl/α,β-unsaturated/α-hetero) is 1. The molecule has 2 bridgehead atoms. The van der Waals surface area contributed by atoms with Crippen LogP contribution in [-0.2, 0) is 42.7 Å². The first-order chi connectivity index (χ1) is 30.0. The van der Waals surface area contributed by atoms with Crippen molar-refractivity contribution in [1.82, 2.24) is 5.32 Å². The van der Waals surface area contributed by atoms with E-state index < -0.39 is 99.5 Å². The van der Waals surface area contributed by atoms with Crippen LogP contribution in [0.25, 0.3) is 0 Å². The molecule has 1 amide bonds. The van der Waals surface area contributed by atoms with Gasteiger partial charge in [0.15, 0.2) is 0 Å². The zero-order chi connectivity index (χ0) is 47.2. The maximum Gasteiger partial charge on any atom is 0.509 e. The van der Waals surface area contributed by atoms with E-state index in [4.69, 9.17) is 33.2 Å². The Morgan fingerprint density at radius 1 is 0.953 bits per heavy atom. The van der Waals surface area contributed by atoms with Crippen molar-refractivity contribution >= 4 is 30.0 Å². The predicted octanol–water partition coefficient (Wildman–Crippen LogP) is 8.24. The summed E-state index contributed by atoms with van der Waals surface area (Å²) >= 11 is 0. The van der Waals surface area contributed by atoms with Crippen LogP contribution < -0.4 is 5.32 Å². The fraction of sp³-hybridized carbons (Fsp3) is 0.620. The number of ketones is 1. The highest BCUT2D eigenvalue weighted by Crippen LogP contribution is 2.73. The molecule has 0 radical (unpaired) electrons. The first-order valence-electron chi connectivity index (χ1n) is 22.5. The standard InChI is InChI=1S/C50H67NO13/c1-13-25-59-44(56)62-38(37(31-21-17-15-18-22-31)51-43(55)64-45(5,6)7)41(54)61-33-27-50(57)42(63-40(53)32-23-19-16-20-24-32)49(11)47(9)28-60-34(47)26-35(58-12)48(49,10)39(52)30(4)36(29(33)3)46(50,8)14-2/h15-24,30,33-35,37-38,42,57H,13-14,25-28H2,1-12H3,(H,51,55)/t30?,33-,34+,35?,37?,38+,42-,46-,47+,48-,49+,50+/m0/s1. The Hall–Kier alpha value is -4.79. The molecule has 2 aromatic rings. The zero-order valence-corrected chi connectivity index (χ0v) is 39.4. The SMILES string of the molecule is CCCOC(=O)O[C@@H](C(=O)O[C@H]1C[C@@]2(O)[C@@H](OC(=O)c3ccccc3)[C@@]3(C)[C@](C)(C(=O)C(C)C(=C1C)[C@]2(C)CC)C(OC)C[C@H]1OC[C@]13C)C(NC(=O)OC(C)(C)C)c1ccccc1. The molecule has 12 atom stereocenters. The van der Waals surface area contributed by atoms with E-state index in [2.05, 4.69) is 5.32 Å². The van der Waals surface area contributed by atoms with Crippen LogP contribution in [0.4, 0.5) is 9.59 Å². The molecule has 3 aliphatic carbocycles. The van der Waals surface area contributed by atoms with E-state index >= 15 is 4.79 Å². The average molecular weight is 890 g/mol. The topological polar surface area (TPSA) is 182 Å². The molecule has 350 valence electrons. The maximum absolute atomic E-state index is 15.8. The smallest absolute Gasteiger partial charge is 0.455 e. The molecule has 0 aromatic heterocycles. The molecule has 0 spiro atoms. The number of amides is 1. The second-order valence-corrected chi connectivity index (χ2v) is 19.8. The summed E-state index contributed by atoms with van der Waals surface area (Å²) < 4.78 is 42.3. The van der Waals surface area contributed by atoms with Gasteiger partial charge in [-0.1, -0.05) is 90.1 Å². The van der Waals surface area contributed by atoms with Gasteiger partial charge in [0.25, 0.3) is 0 Å². The van der Waals surface area contributed by atoms with Gasteiger partial charge in [0.05, 0.1) is 36.4 Å². The molecule has 2 aromatic carbocycles. The van der Waals surface area contributed by atoms with Crippen LogP contribution in [0.1, 0.15) is 124 Å².